The number of likely N-dealkylation sites (N-methyl/N-ethyl adjacent to an activating group) is 1. The highest BCUT2D eigenvalue weighted by atomic mass is 15.1. The van der Waals surface area contributed by atoms with Crippen LogP contribution in [-0.2, 0) is 6.54 Å². The van der Waals surface area contributed by atoms with Gasteiger partial charge in [0.05, 0.1) is 11.4 Å². The summed E-state index contributed by atoms with van der Waals surface area (Å²) < 4.78 is 0. The van der Waals surface area contributed by atoms with Gasteiger partial charge in [-0.15, -0.1) is 0 Å². The number of fused-ring (bicyclic) bond motifs is 1. The zero-order valence-electron chi connectivity index (χ0n) is 11.3. The molecule has 2 aromatic rings. The van der Waals surface area contributed by atoms with Crippen LogP contribution in [0.5, 0.6) is 0 Å². The summed E-state index contributed by atoms with van der Waals surface area (Å²) >= 11 is 0. The molecule has 0 unspecified atom stereocenters. The van der Waals surface area contributed by atoms with Crippen molar-refractivity contribution in [2.75, 3.05) is 25.5 Å². The van der Waals surface area contributed by atoms with Gasteiger partial charge in [-0.2, -0.15) is 10.2 Å². The molecule has 1 N–H and O–H groups in total. The van der Waals surface area contributed by atoms with Crippen LogP contribution in [0, 0.1) is 6.92 Å². The van der Waals surface area contributed by atoms with Gasteiger partial charge >= 0.3 is 0 Å². The van der Waals surface area contributed by atoms with Crippen LogP contribution in [0.25, 0.3) is 11.3 Å². The van der Waals surface area contributed by atoms with Crippen LogP contribution in [0.2, 0.25) is 0 Å². The van der Waals surface area contributed by atoms with E-state index in [1.807, 2.05) is 19.1 Å². The fourth-order valence-electron chi connectivity index (χ4n) is 2.36. The monoisotopic (exact) mass is 254 g/mol. The third-order valence-corrected chi connectivity index (χ3v) is 3.45. The van der Waals surface area contributed by atoms with Crippen LogP contribution in [0.1, 0.15) is 11.3 Å². The molecule has 0 saturated carbocycles. The summed E-state index contributed by atoms with van der Waals surface area (Å²) in [5, 5.41) is 11.8. The summed E-state index contributed by atoms with van der Waals surface area (Å²) in [5.74, 6) is 0. The van der Waals surface area contributed by atoms with Crippen LogP contribution in [0.15, 0.2) is 30.3 Å². The number of hydrogen-bond donors (Lipinski definition) is 1. The van der Waals surface area contributed by atoms with Crippen molar-refractivity contribution in [1.82, 2.24) is 15.1 Å². The molecule has 1 aromatic carbocycles. The zero-order chi connectivity index (χ0) is 13.2. The molecule has 3 rings (SSSR count). The van der Waals surface area contributed by atoms with Crippen LogP contribution in [-0.4, -0.2) is 35.2 Å². The van der Waals surface area contributed by atoms with Crippen molar-refractivity contribution < 1.29 is 0 Å². The Bertz CT molecular complexity index is 577. The summed E-state index contributed by atoms with van der Waals surface area (Å²) in [5.41, 5.74) is 5.55. The quantitative estimate of drug-likeness (QED) is 0.848. The molecular weight excluding hydrogens is 236 g/mol. The van der Waals surface area contributed by atoms with Crippen molar-refractivity contribution in [2.24, 2.45) is 0 Å². The van der Waals surface area contributed by atoms with E-state index in [2.05, 4.69) is 45.7 Å². The Morgan fingerprint density at radius 1 is 1.16 bits per heavy atom. The van der Waals surface area contributed by atoms with Crippen molar-refractivity contribution in [3.05, 3.63) is 41.6 Å². The zero-order valence-corrected chi connectivity index (χ0v) is 11.3. The van der Waals surface area contributed by atoms with E-state index in [1.165, 1.54) is 11.3 Å². The van der Waals surface area contributed by atoms with E-state index < -0.39 is 0 Å². The number of nitrogens with one attached hydrogen (secondary N) is 1. The SMILES string of the molecule is Cc1ccc(-c2ccc3c(c2)CN(C)CCN3)nn1. The molecule has 0 fully saturated rings. The van der Waals surface area contributed by atoms with Gasteiger partial charge in [0.15, 0.2) is 0 Å². The van der Waals surface area contributed by atoms with E-state index >= 15 is 0 Å². The fourth-order valence-corrected chi connectivity index (χ4v) is 2.36. The van der Waals surface area contributed by atoms with Crippen molar-refractivity contribution in [3.8, 4) is 11.3 Å². The normalized spacial score (nSPS) is 15.5. The molecule has 1 aromatic heterocycles. The van der Waals surface area contributed by atoms with Crippen LogP contribution in [0.3, 0.4) is 0 Å². The van der Waals surface area contributed by atoms with E-state index in [1.54, 1.807) is 0 Å². The Hall–Kier alpha value is -1.94. The van der Waals surface area contributed by atoms with Crippen molar-refractivity contribution >= 4 is 5.69 Å². The molecule has 0 amide bonds. The van der Waals surface area contributed by atoms with Crippen LogP contribution >= 0.6 is 0 Å². The summed E-state index contributed by atoms with van der Waals surface area (Å²) in [4.78, 5) is 2.32. The molecule has 4 heteroatoms. The minimum atomic E-state index is 0.931. The molecule has 1 aliphatic heterocycles. The topological polar surface area (TPSA) is 41.0 Å². The molecule has 0 spiro atoms. The van der Waals surface area contributed by atoms with Gasteiger partial charge in [-0.25, -0.2) is 0 Å². The highest BCUT2D eigenvalue weighted by Gasteiger charge is 2.12. The minimum absolute atomic E-state index is 0.931. The fraction of sp³-hybridized carbons (Fsp3) is 0.333. The second-order valence-electron chi connectivity index (χ2n) is 5.10. The lowest BCUT2D eigenvalue weighted by Gasteiger charge is -2.13. The standard InChI is InChI=1S/C15H18N4/c1-11-3-5-15(18-17-11)12-4-6-14-13(9-12)10-19(2)8-7-16-14/h3-6,9,16H,7-8,10H2,1-2H3. The van der Waals surface area contributed by atoms with E-state index in [-0.39, 0.29) is 0 Å². The average Bonchev–Trinajstić information content (AvgIpc) is 2.59. The third kappa shape index (κ3) is 2.58. The predicted molar refractivity (Wildman–Crippen MR) is 77.0 cm³/mol. The van der Waals surface area contributed by atoms with Gasteiger partial charge in [0.1, 0.15) is 0 Å². The Labute approximate surface area is 113 Å². The molecule has 0 bridgehead atoms. The van der Waals surface area contributed by atoms with Gasteiger partial charge in [0.2, 0.25) is 0 Å². The summed E-state index contributed by atoms with van der Waals surface area (Å²) in [6.07, 6.45) is 0. The van der Waals surface area contributed by atoms with Crippen molar-refractivity contribution in [3.63, 3.8) is 0 Å². The Balaban J connectivity index is 1.98. The number of nitrogens with zero attached hydrogens (tertiary/aromatic N) is 3. The number of aryl methyl sites for hydroxylation is 1. The molecule has 0 saturated heterocycles. The molecule has 2 heterocycles. The Kier molecular flexibility index (Phi) is 3.17. The first-order valence-electron chi connectivity index (χ1n) is 6.58. The lowest BCUT2D eigenvalue weighted by atomic mass is 10.1. The minimum Gasteiger partial charge on any atom is -0.383 e. The molecule has 1 aliphatic rings. The van der Waals surface area contributed by atoms with Gasteiger partial charge < -0.3 is 10.2 Å². The number of anilines is 1. The summed E-state index contributed by atoms with van der Waals surface area (Å²) in [6, 6.07) is 10.5. The van der Waals surface area contributed by atoms with Gasteiger partial charge in [0, 0.05) is 30.9 Å². The first-order chi connectivity index (χ1) is 9.22. The maximum atomic E-state index is 4.26. The Morgan fingerprint density at radius 2 is 2.05 bits per heavy atom. The molecule has 0 atom stereocenters. The van der Waals surface area contributed by atoms with E-state index in [0.717, 1.165) is 36.6 Å². The van der Waals surface area contributed by atoms with Crippen LogP contribution in [0.4, 0.5) is 5.69 Å². The summed E-state index contributed by atoms with van der Waals surface area (Å²) in [6.45, 7) is 4.98. The summed E-state index contributed by atoms with van der Waals surface area (Å²) in [7, 11) is 2.15. The highest BCUT2D eigenvalue weighted by molar-refractivity contribution is 5.66. The smallest absolute Gasteiger partial charge is 0.0929 e. The molecule has 0 radical (unpaired) electrons. The first kappa shape index (κ1) is 12.1. The highest BCUT2D eigenvalue weighted by Crippen LogP contribution is 2.26. The largest absolute Gasteiger partial charge is 0.383 e. The van der Waals surface area contributed by atoms with Crippen molar-refractivity contribution in [1.29, 1.82) is 0 Å². The Morgan fingerprint density at radius 3 is 2.84 bits per heavy atom. The lowest BCUT2D eigenvalue weighted by Crippen LogP contribution is -2.20. The van der Waals surface area contributed by atoms with Gasteiger partial charge in [0.25, 0.3) is 0 Å². The van der Waals surface area contributed by atoms with Crippen LogP contribution < -0.4 is 5.32 Å². The first-order valence-corrected chi connectivity index (χ1v) is 6.58. The van der Waals surface area contributed by atoms with Gasteiger partial charge in [-0.05, 0) is 43.8 Å². The van der Waals surface area contributed by atoms with Gasteiger partial charge in [-0.1, -0.05) is 6.07 Å². The third-order valence-electron chi connectivity index (χ3n) is 3.45. The maximum Gasteiger partial charge on any atom is 0.0929 e. The molecule has 19 heavy (non-hydrogen) atoms. The number of benzene rings is 1. The predicted octanol–water partition coefficient (Wildman–Crippen LogP) is 2.31. The second-order valence-corrected chi connectivity index (χ2v) is 5.10. The van der Waals surface area contributed by atoms with Gasteiger partial charge in [-0.3, -0.25) is 0 Å². The molecule has 4 nitrogen and oxygen atoms in total. The number of aromatic nitrogens is 2. The number of rotatable bonds is 1. The van der Waals surface area contributed by atoms with E-state index in [9.17, 15) is 0 Å². The second kappa shape index (κ2) is 4.97. The molecule has 98 valence electrons. The molecule has 0 aliphatic carbocycles. The number of hydrogen-bond acceptors (Lipinski definition) is 4. The maximum absolute atomic E-state index is 4.26. The average molecular weight is 254 g/mol. The lowest BCUT2D eigenvalue weighted by molar-refractivity contribution is 0.346. The van der Waals surface area contributed by atoms with Crippen molar-refractivity contribution in [2.45, 2.75) is 13.5 Å². The molecular formula is C15H18N4. The van der Waals surface area contributed by atoms with E-state index in [0.29, 0.717) is 0 Å². The van der Waals surface area contributed by atoms with E-state index in [4.69, 9.17) is 0 Å².